The second-order valence-electron chi connectivity index (χ2n) is 5.72. The highest BCUT2D eigenvalue weighted by Gasteiger charge is 2.11. The number of hydrogen-bond acceptors (Lipinski definition) is 3. The van der Waals surface area contributed by atoms with Crippen molar-refractivity contribution in [2.75, 3.05) is 0 Å². The van der Waals surface area contributed by atoms with Crippen molar-refractivity contribution in [1.29, 1.82) is 0 Å². The Kier molecular flexibility index (Phi) is 5.22. The molecule has 2 aromatic carbocycles. The Labute approximate surface area is 152 Å². The number of hydrogen-bond donors (Lipinski definition) is 1. The van der Waals surface area contributed by atoms with Crippen LogP contribution in [0.5, 0.6) is 0 Å². The normalized spacial score (nSPS) is 11.6. The first kappa shape index (κ1) is 17.7. The molecule has 25 heavy (non-hydrogen) atoms. The quantitative estimate of drug-likeness (QED) is 0.717. The predicted octanol–water partition coefficient (Wildman–Crippen LogP) is 3.45. The third kappa shape index (κ3) is 4.69. The minimum absolute atomic E-state index is 0.0729. The third-order valence-corrected chi connectivity index (χ3v) is 5.36. The summed E-state index contributed by atoms with van der Waals surface area (Å²) >= 11 is 5.81. The van der Waals surface area contributed by atoms with Crippen molar-refractivity contribution in [2.24, 2.45) is 0 Å². The lowest BCUT2D eigenvalue weighted by Gasteiger charge is -2.09. The van der Waals surface area contributed by atoms with Crippen LogP contribution in [0.4, 0.5) is 0 Å². The molecule has 0 radical (unpaired) electrons. The van der Waals surface area contributed by atoms with Crippen LogP contribution in [0.15, 0.2) is 60.9 Å². The first-order valence-corrected chi connectivity index (χ1v) is 9.77. The van der Waals surface area contributed by atoms with E-state index in [0.29, 0.717) is 10.6 Å². The van der Waals surface area contributed by atoms with E-state index in [9.17, 15) is 8.42 Å². The van der Waals surface area contributed by atoms with Crippen molar-refractivity contribution in [2.45, 2.75) is 19.2 Å². The topological polar surface area (TPSA) is 64.0 Å². The molecule has 130 valence electrons. The van der Waals surface area contributed by atoms with Gasteiger partial charge in [0.2, 0.25) is 10.0 Å². The number of imidazole rings is 1. The van der Waals surface area contributed by atoms with E-state index in [0.717, 1.165) is 17.1 Å². The maximum atomic E-state index is 12.2. The van der Waals surface area contributed by atoms with Crippen LogP contribution in [0.3, 0.4) is 0 Å². The van der Waals surface area contributed by atoms with Gasteiger partial charge in [-0.05, 0) is 42.3 Å². The van der Waals surface area contributed by atoms with Gasteiger partial charge in [0.1, 0.15) is 5.82 Å². The van der Waals surface area contributed by atoms with Gasteiger partial charge in [0, 0.05) is 29.6 Å². The van der Waals surface area contributed by atoms with Crippen LogP contribution in [-0.2, 0) is 22.3 Å². The summed E-state index contributed by atoms with van der Waals surface area (Å²) < 4.78 is 29.0. The Bertz CT molecular complexity index is 949. The largest absolute Gasteiger partial charge is 0.304 e. The van der Waals surface area contributed by atoms with Gasteiger partial charge in [-0.3, -0.25) is 0 Å². The van der Waals surface area contributed by atoms with Gasteiger partial charge < -0.3 is 4.57 Å². The minimum atomic E-state index is -3.41. The van der Waals surface area contributed by atoms with Gasteiger partial charge in [-0.15, -0.1) is 0 Å². The number of benzene rings is 2. The molecule has 5 nitrogen and oxygen atoms in total. The fourth-order valence-electron chi connectivity index (χ4n) is 2.47. The molecule has 1 aromatic heterocycles. The zero-order valence-electron chi connectivity index (χ0n) is 13.7. The molecular formula is C18H18ClN3O2S. The smallest absolute Gasteiger partial charge is 0.216 e. The van der Waals surface area contributed by atoms with Crippen LogP contribution in [0.1, 0.15) is 17.0 Å². The molecule has 0 fully saturated rings. The lowest BCUT2D eigenvalue weighted by atomic mass is 10.2. The highest BCUT2D eigenvalue weighted by atomic mass is 35.5. The predicted molar refractivity (Wildman–Crippen MR) is 99.2 cm³/mol. The summed E-state index contributed by atoms with van der Waals surface area (Å²) in [4.78, 5) is 4.19. The fraction of sp³-hybridized carbons (Fsp3) is 0.167. The Hall–Kier alpha value is -2.15. The summed E-state index contributed by atoms with van der Waals surface area (Å²) in [5, 5.41) is 0.585. The van der Waals surface area contributed by atoms with Crippen molar-refractivity contribution >= 4 is 21.6 Å². The van der Waals surface area contributed by atoms with Crippen LogP contribution in [0.25, 0.3) is 5.69 Å². The minimum Gasteiger partial charge on any atom is -0.304 e. The zero-order chi connectivity index (χ0) is 17.9. The Morgan fingerprint density at radius 2 is 1.68 bits per heavy atom. The monoisotopic (exact) mass is 375 g/mol. The van der Waals surface area contributed by atoms with E-state index in [-0.39, 0.29) is 12.3 Å². The molecule has 3 aromatic rings. The van der Waals surface area contributed by atoms with Crippen molar-refractivity contribution < 1.29 is 8.42 Å². The highest BCUT2D eigenvalue weighted by molar-refractivity contribution is 7.88. The van der Waals surface area contributed by atoms with Crippen LogP contribution >= 0.6 is 11.6 Å². The van der Waals surface area contributed by atoms with Crippen LogP contribution in [0, 0.1) is 6.92 Å². The number of rotatable bonds is 6. The molecule has 0 saturated carbocycles. The van der Waals surface area contributed by atoms with E-state index >= 15 is 0 Å². The summed E-state index contributed by atoms with van der Waals surface area (Å²) in [6.45, 7) is 2.18. The Balaban J connectivity index is 1.62. The zero-order valence-corrected chi connectivity index (χ0v) is 15.3. The van der Waals surface area contributed by atoms with Crippen LogP contribution in [0.2, 0.25) is 5.02 Å². The number of halogens is 1. The van der Waals surface area contributed by atoms with Gasteiger partial charge >= 0.3 is 0 Å². The number of sulfonamides is 1. The Morgan fingerprint density at radius 1 is 1.04 bits per heavy atom. The number of aryl methyl sites for hydroxylation is 1. The van der Waals surface area contributed by atoms with Crippen molar-refractivity contribution in [3.05, 3.63) is 82.9 Å². The van der Waals surface area contributed by atoms with E-state index in [1.807, 2.05) is 42.0 Å². The number of aromatic nitrogens is 2. The average molecular weight is 376 g/mol. The van der Waals surface area contributed by atoms with Gasteiger partial charge in [0.05, 0.1) is 5.75 Å². The first-order valence-electron chi connectivity index (χ1n) is 7.74. The summed E-state index contributed by atoms with van der Waals surface area (Å²) in [5.41, 5.74) is 2.58. The standard InChI is InChI=1S/C18H18ClN3O2S/c1-14-20-10-11-22(14)18-8-4-15(5-9-18)12-21-25(23,24)13-16-2-6-17(19)7-3-16/h2-11,21H,12-13H2,1H3. The van der Waals surface area contributed by atoms with E-state index in [4.69, 9.17) is 11.6 Å². The van der Waals surface area contributed by atoms with Crippen LogP contribution < -0.4 is 4.72 Å². The van der Waals surface area contributed by atoms with Crippen molar-refractivity contribution in [3.63, 3.8) is 0 Å². The molecule has 0 aliphatic heterocycles. The molecule has 0 atom stereocenters. The molecular weight excluding hydrogens is 358 g/mol. The maximum absolute atomic E-state index is 12.2. The van der Waals surface area contributed by atoms with Gasteiger partial charge in [-0.1, -0.05) is 35.9 Å². The van der Waals surface area contributed by atoms with E-state index < -0.39 is 10.0 Å². The second-order valence-corrected chi connectivity index (χ2v) is 7.96. The molecule has 1 N–H and O–H groups in total. The fourth-order valence-corrected chi connectivity index (χ4v) is 3.72. The van der Waals surface area contributed by atoms with Gasteiger partial charge in [0.15, 0.2) is 0 Å². The molecule has 0 bridgehead atoms. The van der Waals surface area contributed by atoms with E-state index in [2.05, 4.69) is 9.71 Å². The second kappa shape index (κ2) is 7.39. The summed E-state index contributed by atoms with van der Waals surface area (Å²) in [7, 11) is -3.41. The average Bonchev–Trinajstić information content (AvgIpc) is 3.02. The molecule has 0 amide bonds. The van der Waals surface area contributed by atoms with E-state index in [1.54, 1.807) is 30.5 Å². The molecule has 0 aliphatic rings. The third-order valence-electron chi connectivity index (χ3n) is 3.81. The summed E-state index contributed by atoms with van der Waals surface area (Å²) in [5.74, 6) is 0.827. The maximum Gasteiger partial charge on any atom is 0.216 e. The van der Waals surface area contributed by atoms with Crippen molar-refractivity contribution in [3.8, 4) is 5.69 Å². The van der Waals surface area contributed by atoms with Gasteiger partial charge in [-0.2, -0.15) is 0 Å². The van der Waals surface area contributed by atoms with Gasteiger partial charge in [-0.25, -0.2) is 18.1 Å². The van der Waals surface area contributed by atoms with Crippen molar-refractivity contribution in [1.82, 2.24) is 14.3 Å². The lowest BCUT2D eigenvalue weighted by molar-refractivity contribution is 0.580. The number of nitrogens with zero attached hydrogens (tertiary/aromatic N) is 2. The molecule has 0 saturated heterocycles. The molecule has 7 heteroatoms. The molecule has 0 unspecified atom stereocenters. The summed E-state index contributed by atoms with van der Waals surface area (Å²) in [6, 6.07) is 14.5. The van der Waals surface area contributed by atoms with Gasteiger partial charge in [0.25, 0.3) is 0 Å². The highest BCUT2D eigenvalue weighted by Crippen LogP contribution is 2.14. The molecule has 0 spiro atoms. The first-order chi connectivity index (χ1) is 11.9. The van der Waals surface area contributed by atoms with E-state index in [1.165, 1.54) is 0 Å². The van der Waals surface area contributed by atoms with Crippen LogP contribution in [-0.4, -0.2) is 18.0 Å². The Morgan fingerprint density at radius 3 is 2.28 bits per heavy atom. The lowest BCUT2D eigenvalue weighted by Crippen LogP contribution is -2.24. The molecule has 3 rings (SSSR count). The SMILES string of the molecule is Cc1nccn1-c1ccc(CNS(=O)(=O)Cc2ccc(Cl)cc2)cc1. The number of nitrogens with one attached hydrogen (secondary N) is 1. The molecule has 1 heterocycles. The molecule has 0 aliphatic carbocycles. The summed E-state index contributed by atoms with van der Waals surface area (Å²) in [6.07, 6.45) is 3.63.